The number of hydrogen-bond acceptors (Lipinski definition) is 4. The summed E-state index contributed by atoms with van der Waals surface area (Å²) in [6, 6.07) is 0. The molecular formula is C6H12N2O4S. The van der Waals surface area contributed by atoms with Crippen molar-refractivity contribution in [3.63, 3.8) is 0 Å². The summed E-state index contributed by atoms with van der Waals surface area (Å²) in [5.74, 6) is 0. The molecule has 6 nitrogen and oxygen atoms in total. The smallest absolute Gasteiger partial charge is 0.215 e. The van der Waals surface area contributed by atoms with Gasteiger partial charge in [0.2, 0.25) is 10.4 Å². The lowest BCUT2D eigenvalue weighted by molar-refractivity contribution is -0.753. The summed E-state index contributed by atoms with van der Waals surface area (Å²) in [6.07, 6.45) is 5.84. The fourth-order valence-electron chi connectivity index (χ4n) is 0.607. The van der Waals surface area contributed by atoms with Gasteiger partial charge in [-0.2, -0.15) is 0 Å². The lowest BCUT2D eigenvalue weighted by Gasteiger charge is -2.18. The van der Waals surface area contributed by atoms with Crippen LogP contribution in [0.2, 0.25) is 0 Å². The molecule has 0 fully saturated rings. The Morgan fingerprint density at radius 3 is 2.23 bits per heavy atom. The molecule has 76 valence electrons. The summed E-state index contributed by atoms with van der Waals surface area (Å²) in [5.41, 5.74) is 0. The highest BCUT2D eigenvalue weighted by Gasteiger charge is 2.14. The maximum atomic E-state index is 8.63. The molecule has 1 N–H and O–H groups in total. The van der Waals surface area contributed by atoms with Crippen LogP contribution in [-0.2, 0) is 10.4 Å². The summed E-state index contributed by atoms with van der Waals surface area (Å²) in [4.78, 5) is 3.97. The molecule has 0 aromatic rings. The molecule has 1 rings (SSSR count). The number of aliphatic imine (C=N–C) groups is 1. The maximum Gasteiger partial charge on any atom is 0.215 e. The van der Waals surface area contributed by atoms with Crippen molar-refractivity contribution in [1.29, 1.82) is 0 Å². The van der Waals surface area contributed by atoms with E-state index in [2.05, 4.69) is 25.2 Å². The van der Waals surface area contributed by atoms with Crippen LogP contribution in [0.4, 0.5) is 0 Å². The third-order valence-electron chi connectivity index (χ3n) is 1.51. The van der Waals surface area contributed by atoms with Gasteiger partial charge in [-0.25, -0.2) is 13.4 Å². The van der Waals surface area contributed by atoms with E-state index in [1.165, 1.54) is 0 Å². The van der Waals surface area contributed by atoms with Gasteiger partial charge in [0.15, 0.2) is 6.34 Å². The molecule has 0 aliphatic carbocycles. The minimum absolute atomic E-state index is 0.847. The van der Waals surface area contributed by atoms with E-state index in [-0.39, 0.29) is 0 Å². The molecular weight excluding hydrogens is 196 g/mol. The van der Waals surface area contributed by atoms with Crippen LogP contribution in [0.25, 0.3) is 0 Å². The monoisotopic (exact) mass is 208 g/mol. The molecule has 1 atom stereocenters. The average molecular weight is 208 g/mol. The Morgan fingerprint density at radius 1 is 1.62 bits per heavy atom. The van der Waals surface area contributed by atoms with Crippen LogP contribution in [-0.4, -0.2) is 41.9 Å². The average Bonchev–Trinajstić information content (AvgIpc) is 2.34. The van der Waals surface area contributed by atoms with E-state index in [0.29, 0.717) is 0 Å². The quantitative estimate of drug-likeness (QED) is 0.372. The Bertz CT molecular complexity index is 287. The maximum absolute atomic E-state index is 8.63. The second kappa shape index (κ2) is 4.47. The first-order chi connectivity index (χ1) is 5.77. The van der Waals surface area contributed by atoms with Crippen molar-refractivity contribution < 1.29 is 22.0 Å². The molecule has 0 saturated carbocycles. The largest absolute Gasteiger partial charge is 0.726 e. The van der Waals surface area contributed by atoms with Gasteiger partial charge in [-0.15, -0.1) is 0 Å². The first-order valence-corrected chi connectivity index (χ1v) is 4.88. The molecule has 7 heteroatoms. The first-order valence-electron chi connectivity index (χ1n) is 3.52. The predicted octanol–water partition coefficient (Wildman–Crippen LogP) is -0.0294. The number of quaternary nitrogens is 1. The van der Waals surface area contributed by atoms with Crippen LogP contribution in [0.5, 0.6) is 0 Å². The van der Waals surface area contributed by atoms with Gasteiger partial charge in [-0.1, -0.05) is 0 Å². The topological polar surface area (TPSA) is 89.8 Å². The van der Waals surface area contributed by atoms with Crippen LogP contribution < -0.4 is 0 Å². The molecule has 0 aromatic carbocycles. The van der Waals surface area contributed by atoms with Crippen molar-refractivity contribution in [2.75, 3.05) is 13.6 Å². The molecule has 1 heterocycles. The van der Waals surface area contributed by atoms with Gasteiger partial charge in [0.25, 0.3) is 0 Å². The molecule has 0 amide bonds. The van der Waals surface area contributed by atoms with Gasteiger partial charge in [0.1, 0.15) is 6.20 Å². The summed E-state index contributed by atoms with van der Waals surface area (Å²) in [6.45, 7) is 3.22. The van der Waals surface area contributed by atoms with Gasteiger partial charge in [0.05, 0.1) is 19.8 Å². The van der Waals surface area contributed by atoms with Gasteiger partial charge in [-0.05, 0) is 6.92 Å². The van der Waals surface area contributed by atoms with Crippen molar-refractivity contribution in [1.82, 2.24) is 0 Å². The van der Waals surface area contributed by atoms with Crippen molar-refractivity contribution in [3.8, 4) is 0 Å². The second-order valence-corrected chi connectivity index (χ2v) is 3.51. The zero-order valence-corrected chi connectivity index (χ0v) is 8.23. The molecule has 0 spiro atoms. The SMILES string of the molecule is CC[N+]1(C)C=CN=C1.O=S(=O)([O-])O. The Kier molecular flexibility index (Phi) is 4.21. The minimum Gasteiger partial charge on any atom is -0.726 e. The lowest BCUT2D eigenvalue weighted by atomic mass is 10.5. The lowest BCUT2D eigenvalue weighted by Crippen LogP contribution is -2.33. The fraction of sp³-hybridized carbons (Fsp3) is 0.500. The Morgan fingerprint density at radius 2 is 2.08 bits per heavy atom. The summed E-state index contributed by atoms with van der Waals surface area (Å²) >= 11 is 0. The highest BCUT2D eigenvalue weighted by atomic mass is 32.3. The first kappa shape index (κ1) is 12.2. The van der Waals surface area contributed by atoms with E-state index >= 15 is 0 Å². The molecule has 0 saturated heterocycles. The van der Waals surface area contributed by atoms with Gasteiger partial charge < -0.3 is 4.55 Å². The van der Waals surface area contributed by atoms with E-state index in [9.17, 15) is 0 Å². The summed E-state index contributed by atoms with van der Waals surface area (Å²) in [5, 5.41) is 0. The zero-order valence-electron chi connectivity index (χ0n) is 7.41. The third-order valence-corrected chi connectivity index (χ3v) is 1.51. The summed E-state index contributed by atoms with van der Waals surface area (Å²) in [7, 11) is -2.80. The Hall–Kier alpha value is -0.760. The zero-order chi connectivity index (χ0) is 10.5. The van der Waals surface area contributed by atoms with Gasteiger partial charge in [-0.3, -0.25) is 9.04 Å². The second-order valence-electron chi connectivity index (χ2n) is 2.65. The Labute approximate surface area is 77.4 Å². The highest BCUT2D eigenvalue weighted by molar-refractivity contribution is 7.79. The third kappa shape index (κ3) is 7.60. The van der Waals surface area contributed by atoms with Crippen LogP contribution in [0.1, 0.15) is 6.92 Å². The van der Waals surface area contributed by atoms with E-state index in [0.717, 1.165) is 11.0 Å². The molecule has 1 aliphatic heterocycles. The van der Waals surface area contributed by atoms with E-state index in [1.807, 2.05) is 12.5 Å². The van der Waals surface area contributed by atoms with E-state index < -0.39 is 10.4 Å². The molecule has 1 aliphatic rings. The van der Waals surface area contributed by atoms with Crippen LogP contribution in [0.3, 0.4) is 0 Å². The van der Waals surface area contributed by atoms with Crippen LogP contribution in [0, 0.1) is 0 Å². The summed E-state index contributed by atoms with van der Waals surface area (Å²) < 4.78 is 33.7. The van der Waals surface area contributed by atoms with Crippen molar-refractivity contribution in [2.45, 2.75) is 6.92 Å². The van der Waals surface area contributed by atoms with Crippen molar-refractivity contribution in [2.24, 2.45) is 4.99 Å². The van der Waals surface area contributed by atoms with Gasteiger partial charge >= 0.3 is 0 Å². The van der Waals surface area contributed by atoms with Crippen molar-refractivity contribution in [3.05, 3.63) is 12.4 Å². The fourth-order valence-corrected chi connectivity index (χ4v) is 0.607. The number of hydrogen-bond donors (Lipinski definition) is 1. The normalized spacial score (nSPS) is 25.5. The van der Waals surface area contributed by atoms with Crippen LogP contribution >= 0.6 is 0 Å². The molecule has 13 heavy (non-hydrogen) atoms. The van der Waals surface area contributed by atoms with Crippen LogP contribution in [0.15, 0.2) is 17.4 Å². The minimum atomic E-state index is -4.92. The number of rotatable bonds is 1. The predicted molar refractivity (Wildman–Crippen MR) is 46.7 cm³/mol. The molecule has 0 aromatic heterocycles. The highest BCUT2D eigenvalue weighted by Crippen LogP contribution is 2.04. The Balaban J connectivity index is 0.000000252. The number of nitrogens with zero attached hydrogens (tertiary/aromatic N) is 2. The van der Waals surface area contributed by atoms with Gasteiger partial charge in [0, 0.05) is 0 Å². The molecule has 1 unspecified atom stereocenters. The molecule has 0 radical (unpaired) electrons. The standard InChI is InChI=1S/C6H11N2.H2O4S/c1-3-8(2)5-4-7-6-8;1-5(2,3)4/h4-6H,3H2,1-2H3;(H2,1,2,3,4)/q+1;/p-1. The van der Waals surface area contributed by atoms with Crippen molar-refractivity contribution >= 4 is 16.7 Å². The van der Waals surface area contributed by atoms with E-state index in [4.69, 9.17) is 17.5 Å². The van der Waals surface area contributed by atoms with E-state index in [1.54, 1.807) is 0 Å². The molecule has 0 bridgehead atoms.